The lowest BCUT2D eigenvalue weighted by molar-refractivity contribution is -0.176. The second-order valence-corrected chi connectivity index (χ2v) is 5.37. The van der Waals surface area contributed by atoms with Gasteiger partial charge in [-0.3, -0.25) is 4.79 Å². The molecular formula is C15H18N2O5. The second-order valence-electron chi connectivity index (χ2n) is 5.37. The Hall–Kier alpha value is -2.41. The summed E-state index contributed by atoms with van der Waals surface area (Å²) in [6, 6.07) is 5.85. The maximum Gasteiger partial charge on any atom is 0.361 e. The summed E-state index contributed by atoms with van der Waals surface area (Å²) in [6.07, 6.45) is -0.128. The highest BCUT2D eigenvalue weighted by atomic mass is 16.5. The van der Waals surface area contributed by atoms with E-state index in [1.165, 1.54) is 12.1 Å². The van der Waals surface area contributed by atoms with Gasteiger partial charge in [0, 0.05) is 12.1 Å². The average molecular weight is 306 g/mol. The minimum absolute atomic E-state index is 0.0569. The number of carbonyl (C=O) groups is 2. The monoisotopic (exact) mass is 306 g/mol. The van der Waals surface area contributed by atoms with Gasteiger partial charge in [-0.1, -0.05) is 26.0 Å². The fourth-order valence-electron chi connectivity index (χ4n) is 2.20. The van der Waals surface area contributed by atoms with Gasteiger partial charge in [0.2, 0.25) is 0 Å². The van der Waals surface area contributed by atoms with Crippen LogP contribution in [0.1, 0.15) is 30.6 Å². The molecule has 22 heavy (non-hydrogen) atoms. The van der Waals surface area contributed by atoms with Gasteiger partial charge in [-0.05, 0) is 18.1 Å². The molecule has 1 heterocycles. The molecule has 0 saturated carbocycles. The molecule has 1 atom stereocenters. The molecule has 1 aliphatic heterocycles. The lowest BCUT2D eigenvalue weighted by Crippen LogP contribution is -2.53. The van der Waals surface area contributed by atoms with Gasteiger partial charge in [0.25, 0.3) is 11.6 Å². The zero-order valence-electron chi connectivity index (χ0n) is 12.6. The smallest absolute Gasteiger partial charge is 0.361 e. The normalized spacial score (nSPS) is 21.0. The lowest BCUT2D eigenvalue weighted by atomic mass is 9.99. The number of aliphatic hydroxyl groups is 1. The number of para-hydroxylation sites is 1. The number of aromatic hydroxyl groups is 1. The van der Waals surface area contributed by atoms with Crippen LogP contribution in [0, 0.1) is 5.92 Å². The molecule has 1 aromatic rings. The number of hydrazone groups is 1. The summed E-state index contributed by atoms with van der Waals surface area (Å²) in [6.45, 7) is 3.68. The Morgan fingerprint density at radius 3 is 2.55 bits per heavy atom. The molecule has 1 amide bonds. The number of hydrogen-bond donors (Lipinski definition) is 2. The number of benzene rings is 1. The Labute approximate surface area is 127 Å². The van der Waals surface area contributed by atoms with E-state index in [0.29, 0.717) is 10.7 Å². The number of amides is 1. The molecule has 0 fully saturated rings. The fourth-order valence-corrected chi connectivity index (χ4v) is 2.20. The predicted molar refractivity (Wildman–Crippen MR) is 78.1 cm³/mol. The summed E-state index contributed by atoms with van der Waals surface area (Å²) in [5, 5.41) is 25.1. The van der Waals surface area contributed by atoms with E-state index in [1.54, 1.807) is 12.1 Å². The first-order valence-corrected chi connectivity index (χ1v) is 6.82. The van der Waals surface area contributed by atoms with Crippen molar-refractivity contribution < 1.29 is 24.5 Å². The summed E-state index contributed by atoms with van der Waals surface area (Å²) < 4.78 is 4.59. The van der Waals surface area contributed by atoms with E-state index in [0.717, 1.165) is 7.11 Å². The molecule has 0 unspecified atom stereocenters. The van der Waals surface area contributed by atoms with Crippen LogP contribution in [0.2, 0.25) is 0 Å². The molecule has 7 heteroatoms. The molecule has 2 N–H and O–H groups in total. The first-order chi connectivity index (χ1) is 10.3. The number of phenols is 1. The van der Waals surface area contributed by atoms with Crippen molar-refractivity contribution in [3.8, 4) is 5.75 Å². The first-order valence-electron chi connectivity index (χ1n) is 6.82. The highest BCUT2D eigenvalue weighted by Crippen LogP contribution is 2.32. The molecule has 2 rings (SSSR count). The Bertz CT molecular complexity index is 641. The topological polar surface area (TPSA) is 99.4 Å². The van der Waals surface area contributed by atoms with Crippen molar-refractivity contribution in [1.82, 2.24) is 5.01 Å². The van der Waals surface area contributed by atoms with Crippen molar-refractivity contribution in [2.75, 3.05) is 7.11 Å². The Morgan fingerprint density at radius 1 is 1.36 bits per heavy atom. The van der Waals surface area contributed by atoms with Crippen molar-refractivity contribution in [2.24, 2.45) is 11.0 Å². The van der Waals surface area contributed by atoms with Gasteiger partial charge in [-0.25, -0.2) is 4.79 Å². The van der Waals surface area contributed by atoms with Crippen LogP contribution in [0.5, 0.6) is 5.75 Å². The van der Waals surface area contributed by atoms with Crippen LogP contribution in [0.15, 0.2) is 29.4 Å². The molecule has 0 aromatic heterocycles. The third-order valence-corrected chi connectivity index (χ3v) is 3.51. The Morgan fingerprint density at radius 2 is 2.00 bits per heavy atom. The molecule has 1 aliphatic rings. The van der Waals surface area contributed by atoms with Gasteiger partial charge in [-0.2, -0.15) is 10.1 Å². The van der Waals surface area contributed by atoms with Crippen molar-refractivity contribution in [2.45, 2.75) is 26.0 Å². The van der Waals surface area contributed by atoms with Crippen LogP contribution in [0.3, 0.4) is 0 Å². The van der Waals surface area contributed by atoms with Gasteiger partial charge >= 0.3 is 5.97 Å². The zero-order valence-corrected chi connectivity index (χ0v) is 12.6. The molecular weight excluding hydrogens is 288 g/mol. The molecule has 118 valence electrons. The molecule has 0 aliphatic carbocycles. The highest BCUT2D eigenvalue weighted by Gasteiger charge is 2.52. The van der Waals surface area contributed by atoms with Gasteiger partial charge in [0.1, 0.15) is 5.75 Å². The highest BCUT2D eigenvalue weighted by molar-refractivity contribution is 6.04. The number of nitrogens with zero attached hydrogens (tertiary/aromatic N) is 2. The van der Waals surface area contributed by atoms with E-state index in [4.69, 9.17) is 0 Å². The van der Waals surface area contributed by atoms with Crippen molar-refractivity contribution in [1.29, 1.82) is 0 Å². The van der Waals surface area contributed by atoms with Crippen molar-refractivity contribution >= 4 is 17.6 Å². The van der Waals surface area contributed by atoms with Crippen LogP contribution < -0.4 is 0 Å². The number of hydrogen-bond acceptors (Lipinski definition) is 6. The third kappa shape index (κ3) is 2.55. The second kappa shape index (κ2) is 5.76. The quantitative estimate of drug-likeness (QED) is 0.815. The Balaban J connectivity index is 2.46. The van der Waals surface area contributed by atoms with Crippen LogP contribution in [0.25, 0.3) is 0 Å². The van der Waals surface area contributed by atoms with Crippen LogP contribution in [-0.2, 0) is 9.53 Å². The third-order valence-electron chi connectivity index (χ3n) is 3.51. The summed E-state index contributed by atoms with van der Waals surface area (Å²) in [4.78, 5) is 24.5. The molecule has 0 spiro atoms. The first kappa shape index (κ1) is 16.0. The maximum absolute atomic E-state index is 12.6. The van der Waals surface area contributed by atoms with E-state index in [-0.39, 0.29) is 23.7 Å². The summed E-state index contributed by atoms with van der Waals surface area (Å²) in [5.74, 6) is -2.07. The van der Waals surface area contributed by atoms with Gasteiger partial charge < -0.3 is 14.9 Å². The number of esters is 1. The minimum Gasteiger partial charge on any atom is -0.507 e. The molecule has 1 aromatic carbocycles. The number of ether oxygens (including phenoxy) is 1. The number of methoxy groups -OCH3 is 1. The largest absolute Gasteiger partial charge is 0.507 e. The van der Waals surface area contributed by atoms with E-state index in [2.05, 4.69) is 9.84 Å². The molecule has 0 bridgehead atoms. The number of rotatable bonds is 3. The molecule has 7 nitrogen and oxygen atoms in total. The summed E-state index contributed by atoms with van der Waals surface area (Å²) in [7, 11) is 1.12. The SMILES string of the molecule is COC(=O)[C@@]1(O)CC(C(C)C)=NN1C(=O)c1ccccc1O. The summed E-state index contributed by atoms with van der Waals surface area (Å²) >= 11 is 0. The fraction of sp³-hybridized carbons (Fsp3) is 0.400. The Kier molecular flexibility index (Phi) is 4.18. The molecule has 0 radical (unpaired) electrons. The number of carbonyl (C=O) groups excluding carboxylic acids is 2. The van der Waals surface area contributed by atoms with Crippen LogP contribution >= 0.6 is 0 Å². The predicted octanol–water partition coefficient (Wildman–Crippen LogP) is 1.11. The van der Waals surface area contributed by atoms with E-state index < -0.39 is 17.6 Å². The molecule has 0 saturated heterocycles. The maximum atomic E-state index is 12.6. The van der Waals surface area contributed by atoms with Gasteiger partial charge in [-0.15, -0.1) is 0 Å². The zero-order chi connectivity index (χ0) is 16.5. The number of phenolic OH excluding ortho intramolecular Hbond substituents is 1. The standard InChI is InChI=1S/C15H18N2O5/c1-9(2)11-8-15(21,14(20)22-3)17(16-11)13(19)10-6-4-5-7-12(10)18/h4-7,9,18,21H,8H2,1-3H3/t15-/m0/s1. The van der Waals surface area contributed by atoms with E-state index >= 15 is 0 Å². The minimum atomic E-state index is -2.20. The average Bonchev–Trinajstić information content (AvgIpc) is 2.85. The van der Waals surface area contributed by atoms with Crippen LogP contribution in [0.4, 0.5) is 0 Å². The van der Waals surface area contributed by atoms with Crippen LogP contribution in [-0.4, -0.2) is 45.6 Å². The van der Waals surface area contributed by atoms with E-state index in [1.807, 2.05) is 13.8 Å². The van der Waals surface area contributed by atoms with Gasteiger partial charge in [0.05, 0.1) is 12.7 Å². The lowest BCUT2D eigenvalue weighted by Gasteiger charge is -2.28. The van der Waals surface area contributed by atoms with E-state index in [9.17, 15) is 19.8 Å². The summed E-state index contributed by atoms with van der Waals surface area (Å²) in [5.41, 5.74) is -1.76. The van der Waals surface area contributed by atoms with Gasteiger partial charge in [0.15, 0.2) is 0 Å². The van der Waals surface area contributed by atoms with Crippen molar-refractivity contribution in [3.05, 3.63) is 29.8 Å². The van der Waals surface area contributed by atoms with Crippen molar-refractivity contribution in [3.63, 3.8) is 0 Å².